The molecule has 34 heavy (non-hydrogen) atoms. The zero-order valence-electron chi connectivity index (χ0n) is 21.2. The fourth-order valence-corrected chi connectivity index (χ4v) is 4.86. The summed E-state index contributed by atoms with van der Waals surface area (Å²) in [5.41, 5.74) is 8.10. The summed E-state index contributed by atoms with van der Waals surface area (Å²) in [6.07, 6.45) is 11.4. The number of fused-ring (bicyclic) bond motifs is 1. The van der Waals surface area contributed by atoms with Crippen LogP contribution in [0.3, 0.4) is 0 Å². The summed E-state index contributed by atoms with van der Waals surface area (Å²) < 4.78 is 2.19. The third-order valence-corrected chi connectivity index (χ3v) is 7.23. The van der Waals surface area contributed by atoms with Gasteiger partial charge in [0, 0.05) is 63.8 Å². The third kappa shape index (κ3) is 5.36. The number of allylic oxidation sites excluding steroid dienone is 2. The Bertz CT molecular complexity index is 1180. The molecule has 2 atom stereocenters. The highest BCUT2D eigenvalue weighted by Gasteiger charge is 2.31. The quantitative estimate of drug-likeness (QED) is 0.410. The molecule has 0 bridgehead atoms. The van der Waals surface area contributed by atoms with Crippen molar-refractivity contribution in [3.8, 4) is 0 Å². The van der Waals surface area contributed by atoms with Crippen molar-refractivity contribution in [1.29, 1.82) is 0 Å². The summed E-state index contributed by atoms with van der Waals surface area (Å²) in [6, 6.07) is 6.69. The van der Waals surface area contributed by atoms with Crippen molar-refractivity contribution in [3.63, 3.8) is 0 Å². The number of anilines is 1. The van der Waals surface area contributed by atoms with Crippen LogP contribution in [-0.4, -0.2) is 47.4 Å². The lowest BCUT2D eigenvalue weighted by Crippen LogP contribution is -2.48. The SMILES string of the molecule is C=CCCC(C=C)n1c(=C)c2cccc(NCC(C=NC3CCN(C)C(C)(C)C3)=CN)c2c1=C. The molecule has 0 spiro atoms. The molecular weight excluding hydrogens is 418 g/mol. The van der Waals surface area contributed by atoms with Crippen LogP contribution in [0.25, 0.3) is 23.9 Å². The van der Waals surface area contributed by atoms with E-state index in [-0.39, 0.29) is 11.6 Å². The Morgan fingerprint density at radius 1 is 1.29 bits per heavy atom. The minimum Gasteiger partial charge on any atom is -0.404 e. The molecule has 0 saturated carbocycles. The van der Waals surface area contributed by atoms with Gasteiger partial charge >= 0.3 is 0 Å². The zero-order valence-corrected chi connectivity index (χ0v) is 21.2. The predicted octanol–water partition coefficient (Wildman–Crippen LogP) is 4.35. The molecule has 3 N–H and O–H groups in total. The molecule has 2 aromatic rings. The molecule has 0 aliphatic carbocycles. The van der Waals surface area contributed by atoms with Crippen LogP contribution in [0.4, 0.5) is 5.69 Å². The van der Waals surface area contributed by atoms with Crippen LogP contribution in [0, 0.1) is 0 Å². The van der Waals surface area contributed by atoms with Gasteiger partial charge in [0.2, 0.25) is 0 Å². The number of hydrogen-bond donors (Lipinski definition) is 2. The van der Waals surface area contributed by atoms with Gasteiger partial charge in [0.15, 0.2) is 0 Å². The molecule has 1 aromatic heterocycles. The second-order valence-electron chi connectivity index (χ2n) is 9.91. The normalized spacial score (nSPS) is 20.0. The molecule has 1 saturated heterocycles. The van der Waals surface area contributed by atoms with Gasteiger partial charge in [0.25, 0.3) is 0 Å². The number of aliphatic imine (C=N–C) groups is 1. The van der Waals surface area contributed by atoms with Crippen molar-refractivity contribution in [2.45, 2.75) is 57.2 Å². The molecule has 5 heteroatoms. The van der Waals surface area contributed by atoms with Gasteiger partial charge < -0.3 is 20.5 Å². The highest BCUT2D eigenvalue weighted by atomic mass is 15.2. The standard InChI is InChI=1S/C29H41N5/c1-8-10-12-25(9-2)34-21(3)26-13-11-14-27(28(26)22(34)4)32-20-23(18-30)19-31-24-15-16-33(7)29(5,6)17-24/h8-9,11,13-14,18-19,24-25,32H,1-4,10,12,15-17,20,30H2,5-7H3. The lowest BCUT2D eigenvalue weighted by Gasteiger charge is -2.42. The van der Waals surface area contributed by atoms with E-state index in [2.05, 4.69) is 80.2 Å². The van der Waals surface area contributed by atoms with Gasteiger partial charge in [-0.15, -0.1) is 13.2 Å². The molecule has 2 heterocycles. The highest BCUT2D eigenvalue weighted by Crippen LogP contribution is 2.27. The Morgan fingerprint density at radius 2 is 2.06 bits per heavy atom. The minimum absolute atomic E-state index is 0.128. The molecule has 1 fully saturated rings. The van der Waals surface area contributed by atoms with Crippen LogP contribution in [-0.2, 0) is 0 Å². The Labute approximate surface area is 204 Å². The van der Waals surface area contributed by atoms with E-state index >= 15 is 0 Å². The maximum absolute atomic E-state index is 5.96. The molecule has 2 unspecified atom stereocenters. The van der Waals surface area contributed by atoms with Crippen LogP contribution in [0.15, 0.2) is 60.3 Å². The minimum atomic E-state index is 0.128. The number of nitrogens with two attached hydrogens (primary N) is 1. The lowest BCUT2D eigenvalue weighted by atomic mass is 9.88. The highest BCUT2D eigenvalue weighted by molar-refractivity contribution is 5.95. The van der Waals surface area contributed by atoms with Crippen LogP contribution >= 0.6 is 0 Å². The second kappa shape index (κ2) is 10.9. The van der Waals surface area contributed by atoms with Gasteiger partial charge in [-0.05, 0) is 52.6 Å². The van der Waals surface area contributed by atoms with Gasteiger partial charge in [-0.1, -0.05) is 37.4 Å². The monoisotopic (exact) mass is 459 g/mol. The first-order valence-electron chi connectivity index (χ1n) is 12.2. The van der Waals surface area contributed by atoms with E-state index in [0.29, 0.717) is 12.6 Å². The summed E-state index contributed by atoms with van der Waals surface area (Å²) in [5.74, 6) is 0. The third-order valence-electron chi connectivity index (χ3n) is 7.23. The Balaban J connectivity index is 1.80. The largest absolute Gasteiger partial charge is 0.404 e. The van der Waals surface area contributed by atoms with Crippen molar-refractivity contribution in [2.24, 2.45) is 10.7 Å². The summed E-state index contributed by atoms with van der Waals surface area (Å²) in [6.45, 7) is 22.9. The Kier molecular flexibility index (Phi) is 8.21. The van der Waals surface area contributed by atoms with Crippen LogP contribution in [0.2, 0.25) is 0 Å². The van der Waals surface area contributed by atoms with Gasteiger partial charge in [0.05, 0.1) is 12.1 Å². The molecule has 1 aliphatic rings. The first kappa shape index (κ1) is 25.6. The number of likely N-dealkylation sites (tertiary alicyclic amines) is 1. The number of nitrogens with zero attached hydrogens (tertiary/aromatic N) is 3. The van der Waals surface area contributed by atoms with Crippen LogP contribution in [0.5, 0.6) is 0 Å². The zero-order chi connectivity index (χ0) is 24.9. The van der Waals surface area contributed by atoms with Crippen molar-refractivity contribution in [2.75, 3.05) is 25.5 Å². The smallest absolute Gasteiger partial charge is 0.0529 e. The van der Waals surface area contributed by atoms with E-state index in [9.17, 15) is 0 Å². The van der Waals surface area contributed by atoms with Crippen molar-refractivity contribution >= 4 is 35.8 Å². The van der Waals surface area contributed by atoms with E-state index in [1.54, 1.807) is 6.20 Å². The van der Waals surface area contributed by atoms with Gasteiger partial charge in [-0.3, -0.25) is 4.99 Å². The summed E-state index contributed by atoms with van der Waals surface area (Å²) in [7, 11) is 2.19. The number of piperidine rings is 1. The van der Waals surface area contributed by atoms with Crippen molar-refractivity contribution in [1.82, 2.24) is 9.47 Å². The Hall–Kier alpha value is -3.05. The van der Waals surface area contributed by atoms with Crippen molar-refractivity contribution in [3.05, 3.63) is 66.0 Å². The number of benzene rings is 1. The fourth-order valence-electron chi connectivity index (χ4n) is 4.86. The van der Waals surface area contributed by atoms with Gasteiger partial charge in [-0.25, -0.2) is 0 Å². The van der Waals surface area contributed by atoms with Gasteiger partial charge in [-0.2, -0.15) is 0 Å². The molecule has 1 aromatic carbocycles. The van der Waals surface area contributed by atoms with E-state index < -0.39 is 0 Å². The summed E-state index contributed by atoms with van der Waals surface area (Å²) >= 11 is 0. The maximum Gasteiger partial charge on any atom is 0.0529 e. The molecule has 182 valence electrons. The van der Waals surface area contributed by atoms with Gasteiger partial charge in [0.1, 0.15) is 0 Å². The fraction of sp³-hybridized carbons (Fsp3) is 0.414. The lowest BCUT2D eigenvalue weighted by molar-refractivity contribution is 0.0963. The first-order chi connectivity index (χ1) is 16.2. The van der Waals surface area contributed by atoms with Crippen LogP contribution in [0.1, 0.15) is 45.6 Å². The van der Waals surface area contributed by atoms with E-state index in [0.717, 1.165) is 65.0 Å². The number of nitrogens with one attached hydrogen (secondary N) is 1. The topological polar surface area (TPSA) is 58.6 Å². The van der Waals surface area contributed by atoms with Crippen LogP contribution < -0.4 is 21.7 Å². The number of rotatable bonds is 10. The molecule has 0 radical (unpaired) electrons. The first-order valence-corrected chi connectivity index (χ1v) is 12.2. The second-order valence-corrected chi connectivity index (χ2v) is 9.91. The van der Waals surface area contributed by atoms with E-state index in [1.165, 1.54) is 0 Å². The molecule has 3 rings (SSSR count). The maximum atomic E-state index is 5.96. The van der Waals surface area contributed by atoms with E-state index in [4.69, 9.17) is 10.7 Å². The Morgan fingerprint density at radius 3 is 2.71 bits per heavy atom. The predicted molar refractivity (Wildman–Crippen MR) is 150 cm³/mol. The summed E-state index contributed by atoms with van der Waals surface area (Å²) in [5, 5.41) is 7.64. The molecule has 1 aliphatic heterocycles. The average Bonchev–Trinajstić information content (AvgIpc) is 3.07. The van der Waals surface area contributed by atoms with E-state index in [1.807, 2.05) is 18.4 Å². The number of hydrogen-bond acceptors (Lipinski definition) is 4. The average molecular weight is 460 g/mol. The molecular formula is C29H41N5. The number of aromatic nitrogens is 1. The summed E-state index contributed by atoms with van der Waals surface area (Å²) in [4.78, 5) is 7.28. The van der Waals surface area contributed by atoms with Crippen molar-refractivity contribution < 1.29 is 0 Å². The molecule has 5 nitrogen and oxygen atoms in total. The molecule has 0 amide bonds.